The summed E-state index contributed by atoms with van der Waals surface area (Å²) in [5.74, 6) is -0.0760. The van der Waals surface area contributed by atoms with Gasteiger partial charge in [0.05, 0.1) is 17.6 Å². The monoisotopic (exact) mass is 339 g/mol. The van der Waals surface area contributed by atoms with Gasteiger partial charge < -0.3 is 15.4 Å². The Morgan fingerprint density at radius 3 is 2.87 bits per heavy atom. The maximum absolute atomic E-state index is 12.9. The maximum Gasteiger partial charge on any atom is 0.243 e. The highest BCUT2D eigenvalue weighted by Gasteiger charge is 2.32. The van der Waals surface area contributed by atoms with Crippen LogP contribution in [0.25, 0.3) is 0 Å². The molecule has 0 bridgehead atoms. The van der Waals surface area contributed by atoms with Gasteiger partial charge in [0.15, 0.2) is 0 Å². The molecular weight excluding hydrogens is 318 g/mol. The Hall–Kier alpha value is -1.48. The lowest BCUT2D eigenvalue weighted by atomic mass is 10.2. The Labute approximate surface area is 136 Å². The van der Waals surface area contributed by atoms with E-state index in [0.29, 0.717) is 25.4 Å². The van der Waals surface area contributed by atoms with E-state index in [-0.39, 0.29) is 30.0 Å². The first-order valence-corrected chi connectivity index (χ1v) is 9.10. The number of anilines is 1. The summed E-state index contributed by atoms with van der Waals surface area (Å²) in [4.78, 5) is 13.5. The number of ether oxygens (including phenoxy) is 1. The van der Waals surface area contributed by atoms with E-state index in [4.69, 9.17) is 10.5 Å². The van der Waals surface area contributed by atoms with E-state index < -0.39 is 10.0 Å². The molecule has 2 aliphatic rings. The molecule has 8 heteroatoms. The highest BCUT2D eigenvalue weighted by atomic mass is 32.2. The van der Waals surface area contributed by atoms with Gasteiger partial charge in [-0.05, 0) is 24.1 Å². The van der Waals surface area contributed by atoms with Crippen molar-refractivity contribution >= 4 is 21.6 Å². The van der Waals surface area contributed by atoms with Gasteiger partial charge in [-0.1, -0.05) is 6.07 Å². The Balaban J connectivity index is 1.92. The van der Waals surface area contributed by atoms with E-state index in [1.165, 1.54) is 11.2 Å². The third kappa shape index (κ3) is 2.99. The summed E-state index contributed by atoms with van der Waals surface area (Å²) in [6, 6.07) is 5.02. The molecule has 2 aliphatic heterocycles. The van der Waals surface area contributed by atoms with Gasteiger partial charge in [-0.2, -0.15) is 4.31 Å². The van der Waals surface area contributed by atoms with Gasteiger partial charge in [-0.15, -0.1) is 0 Å². The lowest BCUT2D eigenvalue weighted by molar-refractivity contribution is -0.116. The largest absolute Gasteiger partial charge is 0.374 e. The molecular formula is C15H21N3O4S. The lowest BCUT2D eigenvalue weighted by Crippen LogP contribution is -2.48. The molecule has 0 saturated carbocycles. The second-order valence-electron chi connectivity index (χ2n) is 5.80. The zero-order chi connectivity index (χ0) is 16.6. The number of amides is 1. The van der Waals surface area contributed by atoms with Crippen molar-refractivity contribution in [1.82, 2.24) is 4.31 Å². The van der Waals surface area contributed by atoms with Crippen molar-refractivity contribution in [1.29, 1.82) is 0 Å². The van der Waals surface area contributed by atoms with Crippen LogP contribution in [-0.2, 0) is 26.0 Å². The molecule has 0 aromatic heterocycles. The van der Waals surface area contributed by atoms with Crippen LogP contribution in [0.3, 0.4) is 0 Å². The van der Waals surface area contributed by atoms with Gasteiger partial charge in [-0.25, -0.2) is 8.42 Å². The Morgan fingerprint density at radius 2 is 2.17 bits per heavy atom. The number of nitrogens with zero attached hydrogens (tertiary/aromatic N) is 2. The fraction of sp³-hybridized carbons (Fsp3) is 0.533. The van der Waals surface area contributed by atoms with Gasteiger partial charge >= 0.3 is 0 Å². The molecule has 2 N–H and O–H groups in total. The molecule has 1 atom stereocenters. The van der Waals surface area contributed by atoms with Crippen molar-refractivity contribution in [3.8, 4) is 0 Å². The van der Waals surface area contributed by atoms with Gasteiger partial charge in [0, 0.05) is 38.8 Å². The second kappa shape index (κ2) is 6.20. The van der Waals surface area contributed by atoms with E-state index in [1.54, 1.807) is 23.1 Å². The molecule has 1 aromatic rings. The van der Waals surface area contributed by atoms with Crippen molar-refractivity contribution in [3.63, 3.8) is 0 Å². The minimum atomic E-state index is -3.62. The summed E-state index contributed by atoms with van der Waals surface area (Å²) in [6.07, 6.45) is 0.476. The first kappa shape index (κ1) is 16.4. The number of fused-ring (bicyclic) bond motifs is 1. The molecule has 3 rings (SSSR count). The fourth-order valence-electron chi connectivity index (χ4n) is 3.05. The number of carbonyl (C=O) groups is 1. The standard InChI is InChI=1S/C15H21N3O4S/c1-11(19)18-5-4-12-2-3-14(8-15(12)18)23(20,21)17-6-7-22-13(9-16)10-17/h2-3,8,13H,4-7,9-10,16H2,1H3. The number of hydrogen-bond donors (Lipinski definition) is 1. The molecule has 2 heterocycles. The zero-order valence-corrected chi connectivity index (χ0v) is 13.9. The summed E-state index contributed by atoms with van der Waals surface area (Å²) in [6.45, 7) is 3.28. The molecule has 23 heavy (non-hydrogen) atoms. The van der Waals surface area contributed by atoms with Gasteiger partial charge in [0.25, 0.3) is 0 Å². The molecule has 1 amide bonds. The molecule has 7 nitrogen and oxygen atoms in total. The molecule has 1 unspecified atom stereocenters. The summed E-state index contributed by atoms with van der Waals surface area (Å²) >= 11 is 0. The van der Waals surface area contributed by atoms with Gasteiger partial charge in [0.1, 0.15) is 0 Å². The molecule has 126 valence electrons. The number of morpholine rings is 1. The van der Waals surface area contributed by atoms with Crippen LogP contribution in [-0.4, -0.2) is 57.5 Å². The van der Waals surface area contributed by atoms with Crippen LogP contribution in [0.1, 0.15) is 12.5 Å². The first-order valence-electron chi connectivity index (χ1n) is 7.66. The van der Waals surface area contributed by atoms with Crippen LogP contribution in [0.15, 0.2) is 23.1 Å². The number of carbonyl (C=O) groups excluding carboxylic acids is 1. The minimum Gasteiger partial charge on any atom is -0.374 e. The predicted octanol–water partition coefficient (Wildman–Crippen LogP) is -0.0562. The Bertz CT molecular complexity index is 719. The van der Waals surface area contributed by atoms with Crippen LogP contribution in [0.5, 0.6) is 0 Å². The summed E-state index contributed by atoms with van der Waals surface area (Å²) in [7, 11) is -3.62. The smallest absolute Gasteiger partial charge is 0.243 e. The fourth-order valence-corrected chi connectivity index (χ4v) is 4.52. The number of hydrogen-bond acceptors (Lipinski definition) is 5. The molecule has 0 spiro atoms. The van der Waals surface area contributed by atoms with Crippen molar-refractivity contribution in [3.05, 3.63) is 23.8 Å². The molecule has 0 aliphatic carbocycles. The zero-order valence-electron chi connectivity index (χ0n) is 13.1. The van der Waals surface area contributed by atoms with Crippen LogP contribution >= 0.6 is 0 Å². The first-order chi connectivity index (χ1) is 10.9. The van der Waals surface area contributed by atoms with Gasteiger partial charge in [-0.3, -0.25) is 4.79 Å². The van der Waals surface area contributed by atoms with Gasteiger partial charge in [0.2, 0.25) is 15.9 Å². The quantitative estimate of drug-likeness (QED) is 0.833. The maximum atomic E-state index is 12.9. The molecule has 0 radical (unpaired) electrons. The molecule has 1 fully saturated rings. The van der Waals surface area contributed by atoms with Crippen LogP contribution in [0, 0.1) is 0 Å². The third-order valence-electron chi connectivity index (χ3n) is 4.33. The molecule has 1 aromatic carbocycles. The van der Waals surface area contributed by atoms with Crippen molar-refractivity contribution in [2.75, 3.05) is 37.7 Å². The highest BCUT2D eigenvalue weighted by Crippen LogP contribution is 2.31. The normalized spacial score (nSPS) is 22.2. The van der Waals surface area contributed by atoms with E-state index in [0.717, 1.165) is 12.0 Å². The summed E-state index contributed by atoms with van der Waals surface area (Å²) in [5, 5.41) is 0. The van der Waals surface area contributed by atoms with Crippen molar-refractivity contribution < 1.29 is 17.9 Å². The average Bonchev–Trinajstić information content (AvgIpc) is 2.98. The minimum absolute atomic E-state index is 0.0760. The van der Waals surface area contributed by atoms with E-state index in [2.05, 4.69) is 0 Å². The van der Waals surface area contributed by atoms with Crippen molar-refractivity contribution in [2.24, 2.45) is 5.73 Å². The predicted molar refractivity (Wildman–Crippen MR) is 85.7 cm³/mol. The second-order valence-corrected chi connectivity index (χ2v) is 7.74. The number of nitrogens with two attached hydrogens (primary N) is 1. The average molecular weight is 339 g/mol. The number of sulfonamides is 1. The Kier molecular flexibility index (Phi) is 4.41. The Morgan fingerprint density at radius 1 is 1.39 bits per heavy atom. The number of rotatable bonds is 3. The SMILES string of the molecule is CC(=O)N1CCc2ccc(S(=O)(=O)N3CCOC(CN)C3)cc21. The van der Waals surface area contributed by atoms with Crippen LogP contribution in [0.4, 0.5) is 5.69 Å². The summed E-state index contributed by atoms with van der Waals surface area (Å²) < 4.78 is 32.5. The van der Waals surface area contributed by atoms with E-state index in [9.17, 15) is 13.2 Å². The number of benzene rings is 1. The highest BCUT2D eigenvalue weighted by molar-refractivity contribution is 7.89. The van der Waals surface area contributed by atoms with Crippen LogP contribution in [0.2, 0.25) is 0 Å². The van der Waals surface area contributed by atoms with E-state index in [1.807, 2.05) is 0 Å². The molecule has 1 saturated heterocycles. The van der Waals surface area contributed by atoms with Crippen LogP contribution < -0.4 is 10.6 Å². The third-order valence-corrected chi connectivity index (χ3v) is 6.20. The van der Waals surface area contributed by atoms with Crippen molar-refractivity contribution in [2.45, 2.75) is 24.3 Å². The topological polar surface area (TPSA) is 92.9 Å². The lowest BCUT2D eigenvalue weighted by Gasteiger charge is -2.31. The van der Waals surface area contributed by atoms with E-state index >= 15 is 0 Å². The summed E-state index contributed by atoms with van der Waals surface area (Å²) in [5.41, 5.74) is 7.28.